The Morgan fingerprint density at radius 1 is 1.00 bits per heavy atom. The quantitative estimate of drug-likeness (QED) is 0.514. The molecule has 12 heteroatoms. The molecule has 1 aromatic heterocycles. The second kappa shape index (κ2) is 9.58. The van der Waals surface area contributed by atoms with E-state index >= 15 is 0 Å². The van der Waals surface area contributed by atoms with Crippen LogP contribution in [0.25, 0.3) is 0 Å². The van der Waals surface area contributed by atoms with Crippen molar-refractivity contribution >= 4 is 16.0 Å². The summed E-state index contributed by atoms with van der Waals surface area (Å²) in [5.41, 5.74) is 0.428. The van der Waals surface area contributed by atoms with E-state index in [0.29, 0.717) is 42.9 Å². The standard InChI is InChI=1S/C24H22F3N3O5S/c25-24(26,27)15-2-4-20(22(12-15)35-16-6-10-33-14-16)18-7-11-34-21-13-17(3-5-19(18)21)36(31,32)30-23-28-8-1-9-29-23/h1-5,8-9,12-13,16,18H,6-7,10-11,14H2,(H,28,29,30)/t16-,18?/m0/s1. The number of hydrogen-bond acceptors (Lipinski definition) is 7. The summed E-state index contributed by atoms with van der Waals surface area (Å²) in [5, 5.41) is 0. The van der Waals surface area contributed by atoms with E-state index in [0.717, 1.165) is 12.1 Å². The van der Waals surface area contributed by atoms with Gasteiger partial charge in [-0.15, -0.1) is 0 Å². The van der Waals surface area contributed by atoms with Crippen LogP contribution < -0.4 is 14.2 Å². The van der Waals surface area contributed by atoms with Crippen LogP contribution in [0.4, 0.5) is 19.1 Å². The van der Waals surface area contributed by atoms with Crippen molar-refractivity contribution in [3.05, 3.63) is 71.5 Å². The monoisotopic (exact) mass is 521 g/mol. The van der Waals surface area contributed by atoms with Gasteiger partial charge in [0.2, 0.25) is 5.95 Å². The van der Waals surface area contributed by atoms with E-state index in [1.54, 1.807) is 12.1 Å². The van der Waals surface area contributed by atoms with Gasteiger partial charge in [0.05, 0.1) is 30.3 Å². The van der Waals surface area contributed by atoms with Crippen molar-refractivity contribution in [1.82, 2.24) is 9.97 Å². The Morgan fingerprint density at radius 2 is 1.78 bits per heavy atom. The number of aromatic nitrogens is 2. The first-order valence-corrected chi connectivity index (χ1v) is 12.7. The largest absolute Gasteiger partial charge is 0.493 e. The lowest BCUT2D eigenvalue weighted by Crippen LogP contribution is -2.21. The zero-order valence-electron chi connectivity index (χ0n) is 18.9. The Balaban J connectivity index is 1.49. The molecule has 0 bridgehead atoms. The zero-order valence-corrected chi connectivity index (χ0v) is 19.7. The van der Waals surface area contributed by atoms with E-state index in [1.807, 2.05) is 0 Å². The van der Waals surface area contributed by atoms with Gasteiger partial charge in [0.25, 0.3) is 10.0 Å². The lowest BCUT2D eigenvalue weighted by molar-refractivity contribution is -0.137. The van der Waals surface area contributed by atoms with Gasteiger partial charge in [0.1, 0.15) is 17.6 Å². The molecule has 0 saturated carbocycles. The first-order chi connectivity index (χ1) is 17.2. The second-order valence-corrected chi connectivity index (χ2v) is 10.1. The molecule has 1 unspecified atom stereocenters. The Hall–Kier alpha value is -3.38. The van der Waals surface area contributed by atoms with Crippen molar-refractivity contribution in [2.75, 3.05) is 24.5 Å². The molecule has 3 heterocycles. The summed E-state index contributed by atoms with van der Waals surface area (Å²) in [4.78, 5) is 7.68. The molecule has 8 nitrogen and oxygen atoms in total. The van der Waals surface area contributed by atoms with Gasteiger partial charge in [-0.3, -0.25) is 0 Å². The first kappa shape index (κ1) is 24.3. The van der Waals surface area contributed by atoms with Crippen LogP contribution in [0.3, 0.4) is 0 Å². The van der Waals surface area contributed by atoms with E-state index in [4.69, 9.17) is 14.2 Å². The SMILES string of the molecule is O=S(=O)(Nc1ncccn1)c1ccc2c(c1)OCCC2c1ccc(C(F)(F)F)cc1O[C@H]1CCOC1. The molecule has 190 valence electrons. The number of rotatable bonds is 6. The fourth-order valence-corrected chi connectivity index (χ4v) is 5.25. The van der Waals surface area contributed by atoms with Gasteiger partial charge in [-0.1, -0.05) is 12.1 Å². The number of hydrogen-bond donors (Lipinski definition) is 1. The number of sulfonamides is 1. The molecule has 0 aliphatic carbocycles. The van der Waals surface area contributed by atoms with Gasteiger partial charge in [0.15, 0.2) is 0 Å². The summed E-state index contributed by atoms with van der Waals surface area (Å²) in [6.45, 7) is 1.04. The number of halogens is 3. The third-order valence-electron chi connectivity index (χ3n) is 6.02. The molecule has 0 radical (unpaired) electrons. The minimum absolute atomic E-state index is 0.0543. The summed E-state index contributed by atoms with van der Waals surface area (Å²) in [6.07, 6.45) is -0.975. The lowest BCUT2D eigenvalue weighted by Gasteiger charge is -2.29. The van der Waals surface area contributed by atoms with Crippen molar-refractivity contribution in [2.45, 2.75) is 35.9 Å². The molecule has 5 rings (SSSR count). The molecular weight excluding hydrogens is 499 g/mol. The first-order valence-electron chi connectivity index (χ1n) is 11.2. The minimum atomic E-state index is -4.52. The summed E-state index contributed by atoms with van der Waals surface area (Å²) in [6, 6.07) is 9.45. The summed E-state index contributed by atoms with van der Waals surface area (Å²) in [5.74, 6) is 0.0443. The van der Waals surface area contributed by atoms with E-state index in [2.05, 4.69) is 14.7 Å². The molecule has 2 aromatic carbocycles. The van der Waals surface area contributed by atoms with Crippen molar-refractivity contribution < 1.29 is 35.8 Å². The molecule has 1 fully saturated rings. The van der Waals surface area contributed by atoms with E-state index < -0.39 is 21.8 Å². The van der Waals surface area contributed by atoms with Crippen LogP contribution in [0.15, 0.2) is 59.8 Å². The third-order valence-corrected chi connectivity index (χ3v) is 7.35. The van der Waals surface area contributed by atoms with E-state index in [1.165, 1.54) is 30.6 Å². The Labute approximate surface area is 205 Å². The Bertz CT molecular complexity index is 1350. The number of nitrogens with zero attached hydrogens (tertiary/aromatic N) is 2. The zero-order chi connectivity index (χ0) is 25.3. The summed E-state index contributed by atoms with van der Waals surface area (Å²) < 4.78 is 85.3. The van der Waals surface area contributed by atoms with Crippen LogP contribution in [0, 0.1) is 0 Å². The number of benzene rings is 2. The minimum Gasteiger partial charge on any atom is -0.493 e. The normalized spacial score (nSPS) is 19.9. The molecule has 0 spiro atoms. The molecular formula is C24H22F3N3O5S. The molecule has 36 heavy (non-hydrogen) atoms. The fraction of sp³-hybridized carbons (Fsp3) is 0.333. The molecule has 2 atom stereocenters. The summed E-state index contributed by atoms with van der Waals surface area (Å²) in [7, 11) is -3.99. The van der Waals surface area contributed by atoms with Gasteiger partial charge in [-0.2, -0.15) is 13.2 Å². The van der Waals surface area contributed by atoms with Crippen molar-refractivity contribution in [1.29, 1.82) is 0 Å². The highest BCUT2D eigenvalue weighted by Gasteiger charge is 2.34. The fourth-order valence-electron chi connectivity index (χ4n) is 4.28. The van der Waals surface area contributed by atoms with Crippen molar-refractivity contribution in [2.24, 2.45) is 0 Å². The predicted octanol–water partition coefficient (Wildman–Crippen LogP) is 4.38. The molecule has 1 N–H and O–H groups in total. The highest BCUT2D eigenvalue weighted by Crippen LogP contribution is 2.44. The molecule has 1 saturated heterocycles. The number of alkyl halides is 3. The Kier molecular flexibility index (Phi) is 6.47. The highest BCUT2D eigenvalue weighted by molar-refractivity contribution is 7.92. The maximum absolute atomic E-state index is 13.4. The Morgan fingerprint density at radius 3 is 2.50 bits per heavy atom. The third kappa shape index (κ3) is 5.09. The van der Waals surface area contributed by atoms with Crippen LogP contribution in [-0.4, -0.2) is 44.3 Å². The van der Waals surface area contributed by atoms with Gasteiger partial charge < -0.3 is 14.2 Å². The molecule has 3 aromatic rings. The number of ether oxygens (including phenoxy) is 3. The smallest absolute Gasteiger partial charge is 0.416 e. The van der Waals surface area contributed by atoms with Gasteiger partial charge in [-0.05, 0) is 30.7 Å². The molecule has 0 amide bonds. The maximum atomic E-state index is 13.4. The van der Waals surface area contributed by atoms with Crippen molar-refractivity contribution in [3.63, 3.8) is 0 Å². The average Bonchev–Trinajstić information content (AvgIpc) is 3.36. The number of nitrogens with one attached hydrogen (secondary N) is 1. The predicted molar refractivity (Wildman–Crippen MR) is 123 cm³/mol. The van der Waals surface area contributed by atoms with E-state index in [-0.39, 0.29) is 35.2 Å². The second-order valence-electron chi connectivity index (χ2n) is 8.42. The van der Waals surface area contributed by atoms with Crippen LogP contribution >= 0.6 is 0 Å². The maximum Gasteiger partial charge on any atom is 0.416 e. The number of fused-ring (bicyclic) bond motifs is 1. The number of anilines is 1. The van der Waals surface area contributed by atoms with Crippen LogP contribution in [-0.2, 0) is 20.9 Å². The van der Waals surface area contributed by atoms with Crippen LogP contribution in [0.2, 0.25) is 0 Å². The van der Waals surface area contributed by atoms with Crippen LogP contribution in [0.5, 0.6) is 11.5 Å². The highest BCUT2D eigenvalue weighted by atomic mass is 32.2. The van der Waals surface area contributed by atoms with Crippen LogP contribution in [0.1, 0.15) is 35.4 Å². The topological polar surface area (TPSA) is 99.6 Å². The lowest BCUT2D eigenvalue weighted by atomic mass is 9.85. The summed E-state index contributed by atoms with van der Waals surface area (Å²) >= 11 is 0. The van der Waals surface area contributed by atoms with Gasteiger partial charge in [-0.25, -0.2) is 23.1 Å². The van der Waals surface area contributed by atoms with E-state index in [9.17, 15) is 21.6 Å². The average molecular weight is 522 g/mol. The molecule has 2 aliphatic rings. The molecule has 2 aliphatic heterocycles. The van der Waals surface area contributed by atoms with Gasteiger partial charge in [0, 0.05) is 41.9 Å². The van der Waals surface area contributed by atoms with Crippen molar-refractivity contribution in [3.8, 4) is 11.5 Å². The van der Waals surface area contributed by atoms with Gasteiger partial charge >= 0.3 is 6.18 Å².